The van der Waals surface area contributed by atoms with Crippen molar-refractivity contribution >= 4 is 16.9 Å². The van der Waals surface area contributed by atoms with Crippen molar-refractivity contribution < 1.29 is 14.6 Å². The molecule has 0 aliphatic heterocycles. The molecule has 0 saturated heterocycles. The molecule has 0 amide bonds. The van der Waals surface area contributed by atoms with Crippen LogP contribution < -0.4 is 4.74 Å². The highest BCUT2D eigenvalue weighted by molar-refractivity contribution is 5.94. The van der Waals surface area contributed by atoms with Crippen molar-refractivity contribution in [2.75, 3.05) is 7.11 Å². The number of rotatable bonds is 4. The normalized spacial score (nSPS) is 10.6. The molecule has 1 N–H and O–H groups in total. The smallest absolute Gasteiger partial charge is 0.337 e. The number of benzene rings is 2. The number of nitrogens with zero attached hydrogens (tertiary/aromatic N) is 1. The van der Waals surface area contributed by atoms with Crippen molar-refractivity contribution in [3.63, 3.8) is 0 Å². The third-order valence-electron chi connectivity index (χ3n) is 3.56. The molecule has 4 nitrogen and oxygen atoms in total. The second kappa shape index (κ2) is 5.85. The topological polar surface area (TPSA) is 59.4 Å². The third kappa shape index (κ3) is 2.76. The number of hydrogen-bond acceptors (Lipinski definition) is 3. The molecule has 22 heavy (non-hydrogen) atoms. The van der Waals surface area contributed by atoms with Crippen LogP contribution in [-0.2, 0) is 6.42 Å². The van der Waals surface area contributed by atoms with Crippen LogP contribution in [0, 0.1) is 0 Å². The highest BCUT2D eigenvalue weighted by atomic mass is 16.5. The minimum Gasteiger partial charge on any atom is -0.497 e. The lowest BCUT2D eigenvalue weighted by atomic mass is 10.0. The summed E-state index contributed by atoms with van der Waals surface area (Å²) in [4.78, 5) is 16.0. The predicted octanol–water partition coefficient (Wildman–Crippen LogP) is 3.53. The van der Waals surface area contributed by atoms with Crippen molar-refractivity contribution in [3.8, 4) is 5.75 Å². The molecule has 0 fully saturated rings. The summed E-state index contributed by atoms with van der Waals surface area (Å²) in [5.41, 5.74) is 2.60. The quantitative estimate of drug-likeness (QED) is 0.799. The van der Waals surface area contributed by atoms with Crippen LogP contribution in [0.25, 0.3) is 10.9 Å². The summed E-state index contributed by atoms with van der Waals surface area (Å²) in [6, 6.07) is 16.8. The van der Waals surface area contributed by atoms with Crippen LogP contribution in [0.15, 0.2) is 54.6 Å². The number of ether oxygens (including phenoxy) is 1. The van der Waals surface area contributed by atoms with Gasteiger partial charge in [0.15, 0.2) is 0 Å². The zero-order chi connectivity index (χ0) is 15.5. The number of carbonyl (C=O) groups is 1. The van der Waals surface area contributed by atoms with Gasteiger partial charge in [-0.15, -0.1) is 0 Å². The zero-order valence-corrected chi connectivity index (χ0v) is 12.1. The van der Waals surface area contributed by atoms with E-state index in [2.05, 4.69) is 4.98 Å². The van der Waals surface area contributed by atoms with Crippen molar-refractivity contribution in [3.05, 3.63) is 71.4 Å². The van der Waals surface area contributed by atoms with Crippen LogP contribution >= 0.6 is 0 Å². The fourth-order valence-electron chi connectivity index (χ4n) is 2.41. The van der Waals surface area contributed by atoms with Gasteiger partial charge < -0.3 is 9.84 Å². The molecule has 4 heteroatoms. The SMILES string of the molecule is COc1ccc(Cc2nc3ccccc3cc2C(=O)O)cc1. The Balaban J connectivity index is 2.03. The zero-order valence-electron chi connectivity index (χ0n) is 12.1. The van der Waals surface area contributed by atoms with Gasteiger partial charge in [-0.25, -0.2) is 4.79 Å². The number of fused-ring (bicyclic) bond motifs is 1. The van der Waals surface area contributed by atoms with Crippen molar-refractivity contribution in [2.45, 2.75) is 6.42 Å². The maximum Gasteiger partial charge on any atom is 0.337 e. The summed E-state index contributed by atoms with van der Waals surface area (Å²) in [5, 5.41) is 10.3. The standard InChI is InChI=1S/C18H15NO3/c1-22-14-8-6-12(7-9-14)10-17-15(18(20)21)11-13-4-2-3-5-16(13)19-17/h2-9,11H,10H2,1H3,(H,20,21). The third-order valence-corrected chi connectivity index (χ3v) is 3.56. The Hall–Kier alpha value is -2.88. The van der Waals surface area contributed by atoms with Gasteiger partial charge in [0.1, 0.15) is 5.75 Å². The molecule has 0 atom stereocenters. The molecule has 1 heterocycles. The summed E-state index contributed by atoms with van der Waals surface area (Å²) in [5.74, 6) is -0.185. The number of carboxylic acid groups (broad SMARTS) is 1. The molecular weight excluding hydrogens is 278 g/mol. The molecular formula is C18H15NO3. The van der Waals surface area contributed by atoms with E-state index in [-0.39, 0.29) is 5.56 Å². The van der Waals surface area contributed by atoms with Crippen molar-refractivity contribution in [1.29, 1.82) is 0 Å². The minimum absolute atomic E-state index is 0.245. The molecule has 0 spiro atoms. The van der Waals surface area contributed by atoms with E-state index in [0.717, 1.165) is 22.2 Å². The maximum atomic E-state index is 11.5. The molecule has 0 saturated carbocycles. The van der Waals surface area contributed by atoms with E-state index in [1.54, 1.807) is 13.2 Å². The van der Waals surface area contributed by atoms with Gasteiger partial charge in [0.25, 0.3) is 0 Å². The largest absolute Gasteiger partial charge is 0.497 e. The van der Waals surface area contributed by atoms with E-state index in [1.165, 1.54) is 0 Å². The lowest BCUT2D eigenvalue weighted by Crippen LogP contribution is -2.06. The van der Waals surface area contributed by atoms with E-state index in [9.17, 15) is 9.90 Å². The van der Waals surface area contributed by atoms with Gasteiger partial charge in [-0.05, 0) is 29.8 Å². The van der Waals surface area contributed by atoms with Crippen LogP contribution in [0.1, 0.15) is 21.6 Å². The fourth-order valence-corrected chi connectivity index (χ4v) is 2.41. The Morgan fingerprint density at radius 2 is 1.86 bits per heavy atom. The molecule has 3 aromatic rings. The summed E-state index contributed by atoms with van der Waals surface area (Å²) < 4.78 is 5.13. The Morgan fingerprint density at radius 1 is 1.14 bits per heavy atom. The highest BCUT2D eigenvalue weighted by Crippen LogP contribution is 2.20. The van der Waals surface area contributed by atoms with Crippen LogP contribution in [0.5, 0.6) is 5.75 Å². The number of aromatic nitrogens is 1. The van der Waals surface area contributed by atoms with E-state index in [1.807, 2.05) is 48.5 Å². The van der Waals surface area contributed by atoms with Gasteiger partial charge in [-0.1, -0.05) is 30.3 Å². The average molecular weight is 293 g/mol. The van der Waals surface area contributed by atoms with E-state index >= 15 is 0 Å². The Morgan fingerprint density at radius 3 is 2.55 bits per heavy atom. The Labute approximate surface area is 128 Å². The minimum atomic E-state index is -0.957. The van der Waals surface area contributed by atoms with E-state index in [4.69, 9.17) is 4.74 Å². The van der Waals surface area contributed by atoms with Gasteiger partial charge in [0.05, 0.1) is 23.9 Å². The van der Waals surface area contributed by atoms with Crippen LogP contribution in [0.4, 0.5) is 0 Å². The van der Waals surface area contributed by atoms with E-state index in [0.29, 0.717) is 12.1 Å². The Kier molecular flexibility index (Phi) is 3.74. The predicted molar refractivity (Wildman–Crippen MR) is 84.5 cm³/mol. The molecule has 1 aromatic heterocycles. The number of methoxy groups -OCH3 is 1. The lowest BCUT2D eigenvalue weighted by molar-refractivity contribution is 0.0695. The fraction of sp³-hybridized carbons (Fsp3) is 0.111. The summed E-state index contributed by atoms with van der Waals surface area (Å²) in [6.07, 6.45) is 0.469. The van der Waals surface area contributed by atoms with Crippen LogP contribution in [0.2, 0.25) is 0 Å². The van der Waals surface area contributed by atoms with Gasteiger partial charge in [0.2, 0.25) is 0 Å². The molecule has 2 aromatic carbocycles. The number of para-hydroxylation sites is 1. The first-order valence-corrected chi connectivity index (χ1v) is 6.92. The first-order valence-electron chi connectivity index (χ1n) is 6.92. The van der Waals surface area contributed by atoms with Gasteiger partial charge >= 0.3 is 5.97 Å². The van der Waals surface area contributed by atoms with E-state index < -0.39 is 5.97 Å². The molecule has 110 valence electrons. The number of hydrogen-bond donors (Lipinski definition) is 1. The summed E-state index contributed by atoms with van der Waals surface area (Å²) >= 11 is 0. The Bertz CT molecular complexity index is 825. The summed E-state index contributed by atoms with van der Waals surface area (Å²) in [6.45, 7) is 0. The van der Waals surface area contributed by atoms with Gasteiger partial charge in [-0.2, -0.15) is 0 Å². The average Bonchev–Trinajstić information content (AvgIpc) is 2.54. The molecule has 0 aliphatic carbocycles. The van der Waals surface area contributed by atoms with Gasteiger partial charge in [-0.3, -0.25) is 4.98 Å². The summed E-state index contributed by atoms with van der Waals surface area (Å²) in [7, 11) is 1.61. The second-order valence-corrected chi connectivity index (χ2v) is 5.01. The molecule has 0 bridgehead atoms. The number of pyridine rings is 1. The molecule has 0 aliphatic rings. The van der Waals surface area contributed by atoms with Crippen LogP contribution in [0.3, 0.4) is 0 Å². The van der Waals surface area contributed by atoms with Gasteiger partial charge in [0, 0.05) is 11.8 Å². The van der Waals surface area contributed by atoms with Crippen LogP contribution in [-0.4, -0.2) is 23.2 Å². The number of aromatic carboxylic acids is 1. The monoisotopic (exact) mass is 293 g/mol. The first kappa shape index (κ1) is 14.1. The van der Waals surface area contributed by atoms with Crippen molar-refractivity contribution in [2.24, 2.45) is 0 Å². The second-order valence-electron chi connectivity index (χ2n) is 5.01. The van der Waals surface area contributed by atoms with Crippen molar-refractivity contribution in [1.82, 2.24) is 4.98 Å². The number of carboxylic acids is 1. The molecule has 0 radical (unpaired) electrons. The molecule has 0 unspecified atom stereocenters. The maximum absolute atomic E-state index is 11.5. The molecule has 3 rings (SSSR count). The lowest BCUT2D eigenvalue weighted by Gasteiger charge is -2.08. The first-order chi connectivity index (χ1) is 10.7. The highest BCUT2D eigenvalue weighted by Gasteiger charge is 2.13.